The molecule has 2 saturated heterocycles. The van der Waals surface area contributed by atoms with Crippen LogP contribution in [0, 0.1) is 5.92 Å². The highest BCUT2D eigenvalue weighted by Crippen LogP contribution is 2.34. The van der Waals surface area contributed by atoms with Crippen LogP contribution in [-0.2, 0) is 9.59 Å². The molecule has 5 nitrogen and oxygen atoms in total. The van der Waals surface area contributed by atoms with Gasteiger partial charge in [0, 0.05) is 50.5 Å². The number of para-hydroxylation sites is 2. The van der Waals surface area contributed by atoms with E-state index in [0.29, 0.717) is 32.0 Å². The first kappa shape index (κ1) is 20.5. The third-order valence-electron chi connectivity index (χ3n) is 6.56. The van der Waals surface area contributed by atoms with Crippen LogP contribution in [0.5, 0.6) is 0 Å². The summed E-state index contributed by atoms with van der Waals surface area (Å²) in [5.74, 6) is 0.326. The van der Waals surface area contributed by atoms with Crippen molar-refractivity contribution in [2.45, 2.75) is 32.6 Å². The molecule has 2 atom stereocenters. The largest absolute Gasteiger partial charge is 0.368 e. The predicted octanol–water partition coefficient (Wildman–Crippen LogP) is 3.90. The maximum atomic E-state index is 13.2. The molecular weight excluding hydrogens is 374 g/mol. The fourth-order valence-corrected chi connectivity index (χ4v) is 4.56. The number of benzene rings is 2. The van der Waals surface area contributed by atoms with Crippen LogP contribution in [-0.4, -0.2) is 49.4 Å². The Bertz CT molecular complexity index is 890. The summed E-state index contributed by atoms with van der Waals surface area (Å²) in [6.07, 6.45) is 1.33. The molecule has 2 heterocycles. The van der Waals surface area contributed by atoms with Gasteiger partial charge in [0.1, 0.15) is 0 Å². The lowest BCUT2D eigenvalue weighted by Gasteiger charge is -2.37. The molecular formula is C25H31N3O2. The zero-order valence-corrected chi connectivity index (χ0v) is 18.0. The molecule has 0 aliphatic carbocycles. The quantitative estimate of drug-likeness (QED) is 0.758. The van der Waals surface area contributed by atoms with Crippen LogP contribution in [0.15, 0.2) is 54.6 Å². The summed E-state index contributed by atoms with van der Waals surface area (Å²) >= 11 is 0. The number of carbonyl (C=O) groups excluding carboxylic acids is 2. The van der Waals surface area contributed by atoms with E-state index in [9.17, 15) is 9.59 Å². The molecule has 0 aromatic heterocycles. The van der Waals surface area contributed by atoms with Crippen molar-refractivity contribution in [3.8, 4) is 0 Å². The minimum atomic E-state index is -0.245. The second-order valence-electron chi connectivity index (χ2n) is 8.42. The van der Waals surface area contributed by atoms with Crippen molar-refractivity contribution >= 4 is 23.2 Å². The standard InChI is InChI=1S/C25H31N3O2/c1-3-19(2)22-11-7-8-12-23(22)28-18-20(17-24(28)29)25(30)27-15-13-26(14-16-27)21-9-5-4-6-10-21/h4-12,19-20H,3,13-18H2,1-2H3/t19-,20+/m1/s1. The third kappa shape index (κ3) is 4.07. The molecule has 0 saturated carbocycles. The summed E-state index contributed by atoms with van der Waals surface area (Å²) in [4.78, 5) is 32.1. The van der Waals surface area contributed by atoms with Crippen molar-refractivity contribution in [3.05, 3.63) is 60.2 Å². The van der Waals surface area contributed by atoms with Gasteiger partial charge in [0.05, 0.1) is 5.92 Å². The van der Waals surface area contributed by atoms with E-state index in [1.807, 2.05) is 46.2 Å². The van der Waals surface area contributed by atoms with E-state index >= 15 is 0 Å². The average molecular weight is 406 g/mol. The molecule has 5 heteroatoms. The Balaban J connectivity index is 1.41. The topological polar surface area (TPSA) is 43.9 Å². The van der Waals surface area contributed by atoms with Crippen molar-refractivity contribution in [1.82, 2.24) is 4.90 Å². The fraction of sp³-hybridized carbons (Fsp3) is 0.440. The molecule has 0 radical (unpaired) electrons. The van der Waals surface area contributed by atoms with Gasteiger partial charge in [-0.15, -0.1) is 0 Å². The summed E-state index contributed by atoms with van der Waals surface area (Å²) < 4.78 is 0. The number of carbonyl (C=O) groups is 2. The Morgan fingerprint density at radius 3 is 2.37 bits per heavy atom. The van der Waals surface area contributed by atoms with Crippen molar-refractivity contribution in [2.75, 3.05) is 42.5 Å². The van der Waals surface area contributed by atoms with E-state index < -0.39 is 0 Å². The normalized spacial score (nSPS) is 20.5. The number of anilines is 2. The maximum absolute atomic E-state index is 13.2. The lowest BCUT2D eigenvalue weighted by Crippen LogP contribution is -2.50. The number of piperazine rings is 1. The zero-order valence-electron chi connectivity index (χ0n) is 18.0. The van der Waals surface area contributed by atoms with Crippen LogP contribution < -0.4 is 9.80 Å². The summed E-state index contributed by atoms with van der Waals surface area (Å²) in [6.45, 7) is 7.92. The molecule has 0 unspecified atom stereocenters. The Kier molecular flexibility index (Phi) is 6.07. The van der Waals surface area contributed by atoms with Crippen molar-refractivity contribution in [2.24, 2.45) is 5.92 Å². The number of hydrogen-bond acceptors (Lipinski definition) is 3. The van der Waals surface area contributed by atoms with Crippen molar-refractivity contribution in [1.29, 1.82) is 0 Å². The van der Waals surface area contributed by atoms with Crippen LogP contribution in [0.2, 0.25) is 0 Å². The molecule has 2 aliphatic heterocycles. The first-order valence-corrected chi connectivity index (χ1v) is 11.1. The van der Waals surface area contributed by atoms with Gasteiger partial charge in [-0.25, -0.2) is 0 Å². The Hall–Kier alpha value is -2.82. The second-order valence-corrected chi connectivity index (χ2v) is 8.42. The summed E-state index contributed by atoms with van der Waals surface area (Å²) in [7, 11) is 0. The molecule has 2 aromatic carbocycles. The highest BCUT2D eigenvalue weighted by Gasteiger charge is 2.38. The number of nitrogens with zero attached hydrogens (tertiary/aromatic N) is 3. The molecule has 0 bridgehead atoms. The maximum Gasteiger partial charge on any atom is 0.228 e. The average Bonchev–Trinajstić information content (AvgIpc) is 3.20. The smallest absolute Gasteiger partial charge is 0.228 e. The lowest BCUT2D eigenvalue weighted by atomic mass is 9.96. The minimum Gasteiger partial charge on any atom is -0.368 e. The monoisotopic (exact) mass is 405 g/mol. The number of hydrogen-bond donors (Lipinski definition) is 0. The first-order chi connectivity index (χ1) is 14.6. The number of amides is 2. The lowest BCUT2D eigenvalue weighted by molar-refractivity contribution is -0.136. The molecule has 2 aromatic rings. The van der Waals surface area contributed by atoms with Gasteiger partial charge in [-0.3, -0.25) is 9.59 Å². The molecule has 2 fully saturated rings. The van der Waals surface area contributed by atoms with Gasteiger partial charge in [-0.1, -0.05) is 50.2 Å². The molecule has 0 spiro atoms. The molecule has 0 N–H and O–H groups in total. The van der Waals surface area contributed by atoms with Gasteiger partial charge in [0.2, 0.25) is 11.8 Å². The SMILES string of the molecule is CC[C@@H](C)c1ccccc1N1C[C@@H](C(=O)N2CCN(c3ccccc3)CC2)CC1=O. The van der Waals surface area contributed by atoms with E-state index in [2.05, 4.69) is 36.9 Å². The van der Waals surface area contributed by atoms with E-state index in [1.165, 1.54) is 11.3 Å². The highest BCUT2D eigenvalue weighted by molar-refractivity contribution is 6.01. The molecule has 4 rings (SSSR count). The van der Waals surface area contributed by atoms with Crippen LogP contribution in [0.3, 0.4) is 0 Å². The third-order valence-corrected chi connectivity index (χ3v) is 6.56. The first-order valence-electron chi connectivity index (χ1n) is 11.1. The Morgan fingerprint density at radius 1 is 1.00 bits per heavy atom. The van der Waals surface area contributed by atoms with Gasteiger partial charge < -0.3 is 14.7 Å². The van der Waals surface area contributed by atoms with Gasteiger partial charge in [-0.05, 0) is 36.1 Å². The number of rotatable bonds is 5. The van der Waals surface area contributed by atoms with E-state index in [1.54, 1.807) is 0 Å². The van der Waals surface area contributed by atoms with Crippen LogP contribution in [0.25, 0.3) is 0 Å². The van der Waals surface area contributed by atoms with Crippen molar-refractivity contribution in [3.63, 3.8) is 0 Å². The molecule has 2 aliphatic rings. The Morgan fingerprint density at radius 2 is 1.67 bits per heavy atom. The summed E-state index contributed by atoms with van der Waals surface area (Å²) in [5, 5.41) is 0. The van der Waals surface area contributed by atoms with Gasteiger partial charge in [0.25, 0.3) is 0 Å². The van der Waals surface area contributed by atoms with Crippen LogP contribution in [0.4, 0.5) is 11.4 Å². The van der Waals surface area contributed by atoms with Crippen LogP contribution >= 0.6 is 0 Å². The van der Waals surface area contributed by atoms with Gasteiger partial charge >= 0.3 is 0 Å². The second kappa shape index (κ2) is 8.90. The Labute approximate surface area is 179 Å². The minimum absolute atomic E-state index is 0.0621. The van der Waals surface area contributed by atoms with E-state index in [-0.39, 0.29) is 17.7 Å². The zero-order chi connectivity index (χ0) is 21.1. The van der Waals surface area contributed by atoms with Gasteiger partial charge in [-0.2, -0.15) is 0 Å². The van der Waals surface area contributed by atoms with Crippen molar-refractivity contribution < 1.29 is 9.59 Å². The fourth-order valence-electron chi connectivity index (χ4n) is 4.56. The highest BCUT2D eigenvalue weighted by atomic mass is 16.2. The molecule has 2 amide bonds. The summed E-state index contributed by atoms with van der Waals surface area (Å²) in [5.41, 5.74) is 3.37. The van der Waals surface area contributed by atoms with E-state index in [0.717, 1.165) is 25.2 Å². The van der Waals surface area contributed by atoms with Gasteiger partial charge in [0.15, 0.2) is 0 Å². The molecule has 158 valence electrons. The summed E-state index contributed by atoms with van der Waals surface area (Å²) in [6, 6.07) is 18.5. The molecule has 30 heavy (non-hydrogen) atoms. The van der Waals surface area contributed by atoms with Crippen LogP contribution in [0.1, 0.15) is 38.2 Å². The predicted molar refractivity (Wildman–Crippen MR) is 121 cm³/mol. The van der Waals surface area contributed by atoms with E-state index in [4.69, 9.17) is 0 Å².